The molecule has 2 heterocycles. The van der Waals surface area contributed by atoms with Gasteiger partial charge in [-0.3, -0.25) is 9.99 Å². The fraction of sp³-hybridized carbons (Fsp3) is 0.182. The lowest BCUT2D eigenvalue weighted by Gasteiger charge is -2.21. The van der Waals surface area contributed by atoms with Gasteiger partial charge in [-0.05, 0) is 35.9 Å². The third-order valence-corrected chi connectivity index (χ3v) is 5.32. The predicted molar refractivity (Wildman–Crippen MR) is 117 cm³/mol. The fourth-order valence-electron chi connectivity index (χ4n) is 3.09. The topological polar surface area (TPSA) is 47.0 Å². The van der Waals surface area contributed by atoms with Crippen LogP contribution in [0.3, 0.4) is 0 Å². The highest BCUT2D eigenvalue weighted by Gasteiger charge is 2.12. The fourth-order valence-corrected chi connectivity index (χ4v) is 3.39. The SMILES string of the molecule is COc1ccc2c(OCCN3C=CCC(c4ccc(Cl)c(Cl)c4)=N3)ccnc2c1. The van der Waals surface area contributed by atoms with E-state index in [2.05, 4.69) is 11.1 Å². The molecular weight excluding hydrogens is 409 g/mol. The van der Waals surface area contributed by atoms with Crippen LogP contribution in [0.5, 0.6) is 11.5 Å². The molecule has 0 unspecified atom stereocenters. The summed E-state index contributed by atoms with van der Waals surface area (Å²) in [6.07, 6.45) is 6.50. The molecule has 29 heavy (non-hydrogen) atoms. The first-order valence-corrected chi connectivity index (χ1v) is 9.91. The largest absolute Gasteiger partial charge is 0.497 e. The molecule has 148 valence electrons. The summed E-state index contributed by atoms with van der Waals surface area (Å²) in [6.45, 7) is 1.09. The van der Waals surface area contributed by atoms with Gasteiger partial charge in [0.25, 0.3) is 0 Å². The number of methoxy groups -OCH3 is 1. The zero-order valence-electron chi connectivity index (χ0n) is 15.8. The number of benzene rings is 2. The van der Waals surface area contributed by atoms with Crippen molar-refractivity contribution in [3.8, 4) is 11.5 Å². The van der Waals surface area contributed by atoms with Crippen LogP contribution >= 0.6 is 23.2 Å². The van der Waals surface area contributed by atoms with Crippen LogP contribution in [0.15, 0.2) is 66.0 Å². The van der Waals surface area contributed by atoms with Crippen molar-refractivity contribution in [1.29, 1.82) is 0 Å². The first kappa shape index (κ1) is 19.6. The lowest BCUT2D eigenvalue weighted by Crippen LogP contribution is -2.23. The van der Waals surface area contributed by atoms with Crippen molar-refractivity contribution in [3.05, 3.63) is 76.5 Å². The highest BCUT2D eigenvalue weighted by atomic mass is 35.5. The van der Waals surface area contributed by atoms with Crippen molar-refractivity contribution in [3.63, 3.8) is 0 Å². The van der Waals surface area contributed by atoms with Crippen molar-refractivity contribution in [2.75, 3.05) is 20.3 Å². The normalized spacial score (nSPS) is 13.5. The highest BCUT2D eigenvalue weighted by Crippen LogP contribution is 2.27. The zero-order valence-corrected chi connectivity index (χ0v) is 17.3. The van der Waals surface area contributed by atoms with E-state index in [1.165, 1.54) is 0 Å². The molecule has 1 aliphatic heterocycles. The maximum atomic E-state index is 6.14. The Morgan fingerprint density at radius 3 is 2.79 bits per heavy atom. The second-order valence-corrected chi connectivity index (χ2v) is 7.28. The molecular formula is C22H19Cl2N3O2. The minimum absolute atomic E-state index is 0.480. The van der Waals surface area contributed by atoms with Crippen molar-refractivity contribution in [1.82, 2.24) is 9.99 Å². The Morgan fingerprint density at radius 1 is 1.07 bits per heavy atom. The average Bonchev–Trinajstić information content (AvgIpc) is 2.75. The van der Waals surface area contributed by atoms with Gasteiger partial charge in [-0.1, -0.05) is 35.3 Å². The summed E-state index contributed by atoms with van der Waals surface area (Å²) in [7, 11) is 1.64. The molecule has 1 aliphatic rings. The lowest BCUT2D eigenvalue weighted by molar-refractivity contribution is 0.259. The molecule has 4 rings (SSSR count). The second kappa shape index (κ2) is 8.72. The van der Waals surface area contributed by atoms with Crippen molar-refractivity contribution in [2.45, 2.75) is 6.42 Å². The second-order valence-electron chi connectivity index (χ2n) is 6.47. The van der Waals surface area contributed by atoms with Gasteiger partial charge in [-0.25, -0.2) is 0 Å². The summed E-state index contributed by atoms with van der Waals surface area (Å²) in [6, 6.07) is 13.2. The van der Waals surface area contributed by atoms with E-state index in [0.29, 0.717) is 23.2 Å². The van der Waals surface area contributed by atoms with Gasteiger partial charge in [0, 0.05) is 30.3 Å². The van der Waals surface area contributed by atoms with Crippen molar-refractivity contribution in [2.24, 2.45) is 5.10 Å². The number of rotatable bonds is 6. The van der Waals surface area contributed by atoms with Crippen LogP contribution < -0.4 is 9.47 Å². The average molecular weight is 428 g/mol. The van der Waals surface area contributed by atoms with E-state index >= 15 is 0 Å². The van der Waals surface area contributed by atoms with Crippen LogP contribution in [0.2, 0.25) is 10.0 Å². The molecule has 0 saturated heterocycles. The molecule has 0 amide bonds. The highest BCUT2D eigenvalue weighted by molar-refractivity contribution is 6.42. The molecule has 2 aromatic carbocycles. The maximum absolute atomic E-state index is 6.14. The number of hydrazone groups is 1. The summed E-state index contributed by atoms with van der Waals surface area (Å²) >= 11 is 12.1. The van der Waals surface area contributed by atoms with Crippen LogP contribution in [0.1, 0.15) is 12.0 Å². The Labute approximate surface area is 179 Å². The molecule has 0 aliphatic carbocycles. The number of pyridine rings is 1. The van der Waals surface area contributed by atoms with Gasteiger partial charge in [0.1, 0.15) is 18.1 Å². The monoisotopic (exact) mass is 427 g/mol. The number of fused-ring (bicyclic) bond motifs is 1. The summed E-state index contributed by atoms with van der Waals surface area (Å²) in [5.74, 6) is 1.55. The number of allylic oxidation sites excluding steroid dienone is 1. The summed E-state index contributed by atoms with van der Waals surface area (Å²) in [4.78, 5) is 4.38. The minimum atomic E-state index is 0.480. The van der Waals surface area contributed by atoms with Crippen LogP contribution in [0, 0.1) is 0 Å². The molecule has 0 bridgehead atoms. The molecule has 7 heteroatoms. The number of halogens is 2. The van der Waals surface area contributed by atoms with Crippen molar-refractivity contribution >= 4 is 39.8 Å². The van der Waals surface area contributed by atoms with Crippen molar-refractivity contribution < 1.29 is 9.47 Å². The lowest BCUT2D eigenvalue weighted by atomic mass is 10.1. The smallest absolute Gasteiger partial charge is 0.130 e. The predicted octanol–water partition coefficient (Wildman–Crippen LogP) is 5.55. The van der Waals surface area contributed by atoms with Gasteiger partial charge in [0.15, 0.2) is 0 Å². The minimum Gasteiger partial charge on any atom is -0.497 e. The molecule has 1 aromatic heterocycles. The molecule has 3 aromatic rings. The van der Waals surface area contributed by atoms with E-state index in [0.717, 1.165) is 40.1 Å². The van der Waals surface area contributed by atoms with Crippen LogP contribution in [0.4, 0.5) is 0 Å². The maximum Gasteiger partial charge on any atom is 0.130 e. The Balaban J connectivity index is 1.43. The first-order chi connectivity index (χ1) is 14.1. The number of hydrogen-bond acceptors (Lipinski definition) is 5. The third kappa shape index (κ3) is 4.47. The summed E-state index contributed by atoms with van der Waals surface area (Å²) in [5, 5.41) is 8.57. The van der Waals surface area contributed by atoms with Gasteiger partial charge in [-0.2, -0.15) is 5.10 Å². The number of hydrogen-bond donors (Lipinski definition) is 0. The van der Waals surface area contributed by atoms with E-state index in [9.17, 15) is 0 Å². The molecule has 5 nitrogen and oxygen atoms in total. The van der Waals surface area contributed by atoms with E-state index in [1.54, 1.807) is 19.4 Å². The standard InChI is InChI=1S/C22H19Cl2N3O2/c1-28-16-5-6-17-21(14-16)25-9-8-22(17)29-12-11-27-10-2-3-20(26-27)15-4-7-18(23)19(24)13-15/h2,4-10,13-14H,3,11-12H2,1H3. The Kier molecular flexibility index (Phi) is 5.88. The Bertz CT molecular complexity index is 1100. The quantitative estimate of drug-likeness (QED) is 0.516. The van der Waals surface area contributed by atoms with E-state index in [-0.39, 0.29) is 0 Å². The molecule has 0 spiro atoms. The first-order valence-electron chi connectivity index (χ1n) is 9.16. The van der Waals surface area contributed by atoms with E-state index < -0.39 is 0 Å². The van der Waals surface area contributed by atoms with Gasteiger partial charge in [-0.15, -0.1) is 0 Å². The molecule has 0 radical (unpaired) electrons. The number of aromatic nitrogens is 1. The summed E-state index contributed by atoms with van der Waals surface area (Å²) in [5.41, 5.74) is 2.73. The van der Waals surface area contributed by atoms with Gasteiger partial charge in [0.05, 0.1) is 34.9 Å². The molecule has 0 saturated carbocycles. The third-order valence-electron chi connectivity index (χ3n) is 4.58. The summed E-state index contributed by atoms with van der Waals surface area (Å²) < 4.78 is 11.3. The van der Waals surface area contributed by atoms with Crippen LogP contribution in [-0.2, 0) is 0 Å². The van der Waals surface area contributed by atoms with Gasteiger partial charge in [0.2, 0.25) is 0 Å². The van der Waals surface area contributed by atoms with Gasteiger partial charge >= 0.3 is 0 Å². The molecule has 0 N–H and O–H groups in total. The number of ether oxygens (including phenoxy) is 2. The van der Waals surface area contributed by atoms with Crippen LogP contribution in [0.25, 0.3) is 10.9 Å². The number of nitrogens with zero attached hydrogens (tertiary/aromatic N) is 3. The van der Waals surface area contributed by atoms with E-state index in [4.69, 9.17) is 37.8 Å². The Morgan fingerprint density at radius 2 is 1.97 bits per heavy atom. The molecule has 0 fully saturated rings. The molecule has 0 atom stereocenters. The Hall–Kier alpha value is -2.76. The van der Waals surface area contributed by atoms with E-state index in [1.807, 2.05) is 47.6 Å². The zero-order chi connectivity index (χ0) is 20.2. The van der Waals surface area contributed by atoms with Crippen LogP contribution in [-0.4, -0.2) is 36.0 Å². The van der Waals surface area contributed by atoms with Gasteiger partial charge < -0.3 is 9.47 Å².